The van der Waals surface area contributed by atoms with Crippen molar-refractivity contribution in [3.63, 3.8) is 0 Å². The number of hydrogen-bond acceptors (Lipinski definition) is 3. The number of aliphatic hydroxyl groups is 1. The molecule has 0 saturated heterocycles. The van der Waals surface area contributed by atoms with Gasteiger partial charge in [0.25, 0.3) is 0 Å². The molecule has 84 valence electrons. The SMILES string of the molecule is CNC(=O)CCCNCC(C)(C)CO. The third-order valence-electron chi connectivity index (χ3n) is 2.07. The molecule has 0 fully saturated rings. The van der Waals surface area contributed by atoms with Crippen LogP contribution in [0, 0.1) is 5.41 Å². The minimum absolute atomic E-state index is 0.0764. The topological polar surface area (TPSA) is 61.4 Å². The Balaban J connectivity index is 3.34. The molecule has 0 heterocycles. The normalized spacial score (nSPS) is 11.4. The van der Waals surface area contributed by atoms with Crippen LogP contribution in [-0.4, -0.2) is 37.8 Å². The first-order valence-corrected chi connectivity index (χ1v) is 5.04. The van der Waals surface area contributed by atoms with E-state index in [0.29, 0.717) is 6.42 Å². The number of nitrogens with one attached hydrogen (secondary N) is 2. The zero-order valence-corrected chi connectivity index (χ0v) is 9.39. The second-order valence-electron chi connectivity index (χ2n) is 4.28. The first-order chi connectivity index (χ1) is 6.52. The lowest BCUT2D eigenvalue weighted by Gasteiger charge is -2.21. The van der Waals surface area contributed by atoms with Gasteiger partial charge in [-0.25, -0.2) is 0 Å². The first-order valence-electron chi connectivity index (χ1n) is 5.04. The fraction of sp³-hybridized carbons (Fsp3) is 0.900. The molecule has 0 aliphatic carbocycles. The summed E-state index contributed by atoms with van der Waals surface area (Å²) in [5.41, 5.74) is -0.0764. The molecule has 0 aliphatic heterocycles. The highest BCUT2D eigenvalue weighted by atomic mass is 16.3. The van der Waals surface area contributed by atoms with Crippen LogP contribution in [0.15, 0.2) is 0 Å². The van der Waals surface area contributed by atoms with E-state index in [9.17, 15) is 4.79 Å². The molecule has 0 unspecified atom stereocenters. The summed E-state index contributed by atoms with van der Waals surface area (Å²) < 4.78 is 0. The van der Waals surface area contributed by atoms with Crippen LogP contribution in [0.25, 0.3) is 0 Å². The summed E-state index contributed by atoms with van der Waals surface area (Å²) in [6, 6.07) is 0. The summed E-state index contributed by atoms with van der Waals surface area (Å²) in [4.78, 5) is 10.8. The molecular weight excluding hydrogens is 180 g/mol. The number of hydrogen-bond donors (Lipinski definition) is 3. The van der Waals surface area contributed by atoms with Gasteiger partial charge in [-0.1, -0.05) is 13.8 Å². The molecule has 0 aromatic carbocycles. The van der Waals surface area contributed by atoms with Crippen molar-refractivity contribution in [3.8, 4) is 0 Å². The lowest BCUT2D eigenvalue weighted by molar-refractivity contribution is -0.120. The van der Waals surface area contributed by atoms with Gasteiger partial charge in [0.15, 0.2) is 0 Å². The van der Waals surface area contributed by atoms with E-state index < -0.39 is 0 Å². The third kappa shape index (κ3) is 6.86. The standard InChI is InChI=1S/C10H22N2O2/c1-10(2,8-13)7-12-6-4-5-9(14)11-3/h12-13H,4-8H2,1-3H3,(H,11,14). The van der Waals surface area contributed by atoms with Gasteiger partial charge < -0.3 is 15.7 Å². The Labute approximate surface area is 86.1 Å². The second-order valence-corrected chi connectivity index (χ2v) is 4.28. The van der Waals surface area contributed by atoms with Crippen molar-refractivity contribution in [2.75, 3.05) is 26.7 Å². The zero-order chi connectivity index (χ0) is 11.0. The summed E-state index contributed by atoms with van der Waals surface area (Å²) >= 11 is 0. The molecular formula is C10H22N2O2. The summed E-state index contributed by atoms with van der Waals surface area (Å²) in [6.45, 7) is 5.76. The molecule has 0 spiro atoms. The Hall–Kier alpha value is -0.610. The Bertz CT molecular complexity index is 170. The summed E-state index contributed by atoms with van der Waals surface area (Å²) in [5.74, 6) is 0.0771. The molecule has 14 heavy (non-hydrogen) atoms. The maximum atomic E-state index is 10.8. The average Bonchev–Trinajstić information content (AvgIpc) is 2.17. The Kier molecular flexibility index (Phi) is 6.49. The van der Waals surface area contributed by atoms with E-state index in [1.807, 2.05) is 13.8 Å². The number of rotatable bonds is 7. The lowest BCUT2D eigenvalue weighted by atomic mass is 9.95. The fourth-order valence-electron chi connectivity index (χ4n) is 0.982. The highest BCUT2D eigenvalue weighted by Crippen LogP contribution is 2.10. The fourth-order valence-corrected chi connectivity index (χ4v) is 0.982. The monoisotopic (exact) mass is 202 g/mol. The maximum absolute atomic E-state index is 10.8. The Morgan fingerprint density at radius 2 is 2.07 bits per heavy atom. The van der Waals surface area contributed by atoms with Gasteiger partial charge in [0.1, 0.15) is 0 Å². The van der Waals surface area contributed by atoms with E-state index in [1.54, 1.807) is 7.05 Å². The Morgan fingerprint density at radius 1 is 1.43 bits per heavy atom. The van der Waals surface area contributed by atoms with Gasteiger partial charge in [-0.2, -0.15) is 0 Å². The first kappa shape index (κ1) is 13.4. The summed E-state index contributed by atoms with van der Waals surface area (Å²) in [6.07, 6.45) is 1.39. The van der Waals surface area contributed by atoms with E-state index in [-0.39, 0.29) is 17.9 Å². The molecule has 0 radical (unpaired) electrons. The smallest absolute Gasteiger partial charge is 0.219 e. The number of aliphatic hydroxyl groups excluding tert-OH is 1. The largest absolute Gasteiger partial charge is 0.396 e. The van der Waals surface area contributed by atoms with Crippen LogP contribution in [0.5, 0.6) is 0 Å². The predicted molar refractivity (Wildman–Crippen MR) is 57.0 cm³/mol. The van der Waals surface area contributed by atoms with E-state index in [2.05, 4.69) is 10.6 Å². The van der Waals surface area contributed by atoms with Crippen LogP contribution in [-0.2, 0) is 4.79 Å². The van der Waals surface area contributed by atoms with Crippen molar-refractivity contribution < 1.29 is 9.90 Å². The number of carbonyl (C=O) groups excluding carboxylic acids is 1. The van der Waals surface area contributed by atoms with Gasteiger partial charge >= 0.3 is 0 Å². The molecule has 0 bridgehead atoms. The minimum Gasteiger partial charge on any atom is -0.396 e. The van der Waals surface area contributed by atoms with Gasteiger partial charge in [-0.05, 0) is 13.0 Å². The van der Waals surface area contributed by atoms with E-state index in [1.165, 1.54) is 0 Å². The lowest BCUT2D eigenvalue weighted by Crippen LogP contribution is -2.33. The van der Waals surface area contributed by atoms with Crippen molar-refractivity contribution in [2.45, 2.75) is 26.7 Å². The minimum atomic E-state index is -0.0764. The predicted octanol–water partition coefficient (Wildman–Crippen LogP) is 0.121. The van der Waals surface area contributed by atoms with E-state index in [0.717, 1.165) is 19.5 Å². The molecule has 0 atom stereocenters. The molecule has 0 aromatic heterocycles. The van der Waals surface area contributed by atoms with Crippen LogP contribution >= 0.6 is 0 Å². The molecule has 3 N–H and O–H groups in total. The zero-order valence-electron chi connectivity index (χ0n) is 9.39. The van der Waals surface area contributed by atoms with Gasteiger partial charge in [-0.3, -0.25) is 4.79 Å². The maximum Gasteiger partial charge on any atom is 0.219 e. The highest BCUT2D eigenvalue weighted by molar-refractivity contribution is 5.75. The quantitative estimate of drug-likeness (QED) is 0.514. The summed E-state index contributed by atoms with van der Waals surface area (Å²) in [5, 5.41) is 14.8. The molecule has 0 aliphatic rings. The number of amides is 1. The van der Waals surface area contributed by atoms with Gasteiger partial charge in [-0.15, -0.1) is 0 Å². The van der Waals surface area contributed by atoms with Gasteiger partial charge in [0, 0.05) is 32.0 Å². The van der Waals surface area contributed by atoms with Crippen LogP contribution in [0.2, 0.25) is 0 Å². The molecule has 0 saturated carbocycles. The van der Waals surface area contributed by atoms with Gasteiger partial charge in [0.05, 0.1) is 0 Å². The second kappa shape index (κ2) is 6.79. The van der Waals surface area contributed by atoms with Crippen LogP contribution in [0.3, 0.4) is 0 Å². The molecule has 4 heteroatoms. The molecule has 0 rings (SSSR count). The van der Waals surface area contributed by atoms with Gasteiger partial charge in [0.2, 0.25) is 5.91 Å². The average molecular weight is 202 g/mol. The van der Waals surface area contributed by atoms with E-state index >= 15 is 0 Å². The van der Waals surface area contributed by atoms with Crippen molar-refractivity contribution in [2.24, 2.45) is 5.41 Å². The highest BCUT2D eigenvalue weighted by Gasteiger charge is 2.14. The molecule has 4 nitrogen and oxygen atoms in total. The van der Waals surface area contributed by atoms with Crippen molar-refractivity contribution >= 4 is 5.91 Å². The van der Waals surface area contributed by atoms with Crippen LogP contribution < -0.4 is 10.6 Å². The van der Waals surface area contributed by atoms with Crippen LogP contribution in [0.1, 0.15) is 26.7 Å². The van der Waals surface area contributed by atoms with Crippen molar-refractivity contribution in [1.29, 1.82) is 0 Å². The van der Waals surface area contributed by atoms with Crippen molar-refractivity contribution in [1.82, 2.24) is 10.6 Å². The van der Waals surface area contributed by atoms with Crippen LogP contribution in [0.4, 0.5) is 0 Å². The molecule has 0 aromatic rings. The molecule has 1 amide bonds. The van der Waals surface area contributed by atoms with E-state index in [4.69, 9.17) is 5.11 Å². The summed E-state index contributed by atoms with van der Waals surface area (Å²) in [7, 11) is 1.64. The van der Waals surface area contributed by atoms with Crippen molar-refractivity contribution in [3.05, 3.63) is 0 Å². The Morgan fingerprint density at radius 3 is 2.57 bits per heavy atom. The third-order valence-corrected chi connectivity index (χ3v) is 2.07. The number of carbonyl (C=O) groups is 1.